The Labute approximate surface area is 98.3 Å². The molecule has 0 saturated carbocycles. The molecule has 1 aromatic rings. The van der Waals surface area contributed by atoms with Crippen LogP contribution < -0.4 is 5.32 Å². The fraction of sp³-hybridized carbons (Fsp3) is 0.500. The Morgan fingerprint density at radius 2 is 2.00 bits per heavy atom. The third-order valence-corrected chi connectivity index (χ3v) is 2.91. The van der Waals surface area contributed by atoms with Crippen molar-refractivity contribution in [3.05, 3.63) is 35.9 Å². The van der Waals surface area contributed by atoms with Crippen LogP contribution in [-0.2, 0) is 0 Å². The summed E-state index contributed by atoms with van der Waals surface area (Å²) in [6, 6.07) is 12.6. The zero-order valence-electron chi connectivity index (χ0n) is 10.1. The van der Waals surface area contributed by atoms with Crippen molar-refractivity contribution in [2.24, 2.45) is 5.92 Å². The molecule has 0 radical (unpaired) electrons. The van der Waals surface area contributed by atoms with E-state index in [1.54, 1.807) is 0 Å². The highest BCUT2D eigenvalue weighted by Gasteiger charge is 2.10. The van der Waals surface area contributed by atoms with Crippen molar-refractivity contribution < 1.29 is 0 Å². The Kier molecular flexibility index (Phi) is 5.60. The van der Waals surface area contributed by atoms with E-state index < -0.39 is 0 Å². The van der Waals surface area contributed by atoms with Crippen LogP contribution >= 0.6 is 0 Å². The molecule has 0 bridgehead atoms. The lowest BCUT2D eigenvalue weighted by Gasteiger charge is -2.18. The zero-order valence-corrected chi connectivity index (χ0v) is 10.1. The van der Waals surface area contributed by atoms with Crippen LogP contribution in [0.3, 0.4) is 0 Å². The molecule has 0 saturated heterocycles. The van der Waals surface area contributed by atoms with Gasteiger partial charge in [0.15, 0.2) is 0 Å². The molecule has 86 valence electrons. The molecule has 1 rings (SSSR count). The van der Waals surface area contributed by atoms with E-state index in [0.29, 0.717) is 12.3 Å². The Bertz CT molecular complexity index is 326. The third kappa shape index (κ3) is 4.04. The van der Waals surface area contributed by atoms with Crippen molar-refractivity contribution in [3.8, 4) is 6.07 Å². The van der Waals surface area contributed by atoms with Crippen molar-refractivity contribution in [2.75, 3.05) is 6.54 Å². The number of benzene rings is 1. The summed E-state index contributed by atoms with van der Waals surface area (Å²) >= 11 is 0. The quantitative estimate of drug-likeness (QED) is 0.792. The van der Waals surface area contributed by atoms with Gasteiger partial charge in [-0.05, 0) is 18.0 Å². The zero-order chi connectivity index (χ0) is 11.8. The van der Waals surface area contributed by atoms with Crippen LogP contribution in [-0.4, -0.2) is 6.54 Å². The standard InChI is InChI=1S/C14H20N2/c1-3-12(2)11-16-14(9-10-15)13-7-5-4-6-8-13/h4-8,12,14,16H,3,9,11H2,1-2H3. The molecule has 16 heavy (non-hydrogen) atoms. The van der Waals surface area contributed by atoms with E-state index in [4.69, 9.17) is 5.26 Å². The lowest BCUT2D eigenvalue weighted by molar-refractivity contribution is 0.448. The maximum Gasteiger partial charge on any atom is 0.0641 e. The van der Waals surface area contributed by atoms with Gasteiger partial charge in [-0.2, -0.15) is 5.26 Å². The minimum absolute atomic E-state index is 0.167. The predicted molar refractivity (Wildman–Crippen MR) is 66.9 cm³/mol. The number of hydrogen-bond donors (Lipinski definition) is 1. The maximum absolute atomic E-state index is 8.83. The molecule has 0 aliphatic carbocycles. The molecule has 0 spiro atoms. The highest BCUT2D eigenvalue weighted by atomic mass is 14.9. The van der Waals surface area contributed by atoms with Gasteiger partial charge in [0.25, 0.3) is 0 Å². The average Bonchev–Trinajstić information content (AvgIpc) is 2.35. The molecular weight excluding hydrogens is 196 g/mol. The fourth-order valence-electron chi connectivity index (χ4n) is 1.57. The third-order valence-electron chi connectivity index (χ3n) is 2.91. The first-order chi connectivity index (χ1) is 7.77. The number of hydrogen-bond acceptors (Lipinski definition) is 2. The topological polar surface area (TPSA) is 35.8 Å². The molecular formula is C14H20N2. The Morgan fingerprint density at radius 3 is 2.56 bits per heavy atom. The average molecular weight is 216 g/mol. The van der Waals surface area contributed by atoms with Crippen molar-refractivity contribution in [2.45, 2.75) is 32.7 Å². The SMILES string of the molecule is CCC(C)CNC(CC#N)c1ccccc1. The molecule has 2 unspecified atom stereocenters. The molecule has 1 aromatic carbocycles. The van der Waals surface area contributed by atoms with E-state index in [0.717, 1.165) is 6.54 Å². The first-order valence-electron chi connectivity index (χ1n) is 5.93. The summed E-state index contributed by atoms with van der Waals surface area (Å²) in [7, 11) is 0. The maximum atomic E-state index is 8.83. The van der Waals surface area contributed by atoms with Crippen molar-refractivity contribution in [1.29, 1.82) is 5.26 Å². The van der Waals surface area contributed by atoms with Crippen LogP contribution in [0.2, 0.25) is 0 Å². The molecule has 0 fully saturated rings. The summed E-state index contributed by atoms with van der Waals surface area (Å²) in [5, 5.41) is 12.3. The molecule has 2 atom stereocenters. The van der Waals surface area contributed by atoms with Gasteiger partial charge in [0.05, 0.1) is 12.5 Å². The van der Waals surface area contributed by atoms with E-state index in [9.17, 15) is 0 Å². The molecule has 0 aliphatic heterocycles. The lowest BCUT2D eigenvalue weighted by atomic mass is 10.0. The molecule has 0 amide bonds. The summed E-state index contributed by atoms with van der Waals surface area (Å²) in [6.07, 6.45) is 1.70. The first-order valence-corrected chi connectivity index (χ1v) is 5.93. The highest BCUT2D eigenvalue weighted by Crippen LogP contribution is 2.16. The number of rotatable bonds is 6. The van der Waals surface area contributed by atoms with E-state index in [2.05, 4.69) is 37.4 Å². The molecule has 1 N–H and O–H groups in total. The van der Waals surface area contributed by atoms with E-state index in [1.807, 2.05) is 18.2 Å². The Morgan fingerprint density at radius 1 is 1.31 bits per heavy atom. The van der Waals surface area contributed by atoms with Crippen LogP contribution in [0.4, 0.5) is 0 Å². The molecule has 0 aromatic heterocycles. The molecule has 0 heterocycles. The normalized spacial score (nSPS) is 14.1. The summed E-state index contributed by atoms with van der Waals surface area (Å²) in [4.78, 5) is 0. The van der Waals surface area contributed by atoms with Crippen LogP contribution in [0.15, 0.2) is 30.3 Å². The predicted octanol–water partition coefficient (Wildman–Crippen LogP) is 3.28. The molecule has 0 aliphatic rings. The van der Waals surface area contributed by atoms with Gasteiger partial charge in [-0.25, -0.2) is 0 Å². The Balaban J connectivity index is 2.58. The van der Waals surface area contributed by atoms with Crippen LogP contribution in [0, 0.1) is 17.2 Å². The fourth-order valence-corrected chi connectivity index (χ4v) is 1.57. The minimum Gasteiger partial charge on any atom is -0.309 e. The van der Waals surface area contributed by atoms with Crippen molar-refractivity contribution >= 4 is 0 Å². The number of nitrogens with one attached hydrogen (secondary N) is 1. The lowest BCUT2D eigenvalue weighted by Crippen LogP contribution is -2.26. The second-order valence-corrected chi connectivity index (χ2v) is 4.25. The van der Waals surface area contributed by atoms with E-state index >= 15 is 0 Å². The number of nitrogens with zero attached hydrogens (tertiary/aromatic N) is 1. The van der Waals surface area contributed by atoms with Crippen LogP contribution in [0.5, 0.6) is 0 Å². The van der Waals surface area contributed by atoms with Gasteiger partial charge in [-0.1, -0.05) is 50.6 Å². The first kappa shape index (κ1) is 12.7. The summed E-state index contributed by atoms with van der Waals surface area (Å²) in [6.45, 7) is 5.38. The summed E-state index contributed by atoms with van der Waals surface area (Å²) in [5.41, 5.74) is 1.20. The van der Waals surface area contributed by atoms with Gasteiger partial charge in [0.2, 0.25) is 0 Å². The highest BCUT2D eigenvalue weighted by molar-refractivity contribution is 5.19. The van der Waals surface area contributed by atoms with Gasteiger partial charge in [0, 0.05) is 6.04 Å². The van der Waals surface area contributed by atoms with Gasteiger partial charge >= 0.3 is 0 Å². The number of nitriles is 1. The van der Waals surface area contributed by atoms with Gasteiger partial charge in [-0.3, -0.25) is 0 Å². The second kappa shape index (κ2) is 7.03. The van der Waals surface area contributed by atoms with Crippen LogP contribution in [0.25, 0.3) is 0 Å². The van der Waals surface area contributed by atoms with E-state index in [-0.39, 0.29) is 6.04 Å². The minimum atomic E-state index is 0.167. The van der Waals surface area contributed by atoms with Crippen molar-refractivity contribution in [1.82, 2.24) is 5.32 Å². The summed E-state index contributed by atoms with van der Waals surface area (Å²) < 4.78 is 0. The molecule has 2 nitrogen and oxygen atoms in total. The second-order valence-electron chi connectivity index (χ2n) is 4.25. The Hall–Kier alpha value is -1.33. The monoisotopic (exact) mass is 216 g/mol. The van der Waals surface area contributed by atoms with Gasteiger partial charge < -0.3 is 5.32 Å². The van der Waals surface area contributed by atoms with Crippen molar-refractivity contribution in [3.63, 3.8) is 0 Å². The van der Waals surface area contributed by atoms with Gasteiger partial charge in [0.1, 0.15) is 0 Å². The summed E-state index contributed by atoms with van der Waals surface area (Å²) in [5.74, 6) is 0.657. The smallest absolute Gasteiger partial charge is 0.0641 e. The molecule has 2 heteroatoms. The van der Waals surface area contributed by atoms with E-state index in [1.165, 1.54) is 12.0 Å². The van der Waals surface area contributed by atoms with Crippen LogP contribution in [0.1, 0.15) is 38.3 Å². The van der Waals surface area contributed by atoms with Gasteiger partial charge in [-0.15, -0.1) is 0 Å². The largest absolute Gasteiger partial charge is 0.309 e.